The zero-order valence-electron chi connectivity index (χ0n) is 30.0. The summed E-state index contributed by atoms with van der Waals surface area (Å²) in [5.74, 6) is 0. The van der Waals surface area contributed by atoms with Gasteiger partial charge in [0.15, 0.2) is 0 Å². The largest absolute Gasteiger partial charge is 0.310 e. The van der Waals surface area contributed by atoms with Crippen LogP contribution in [0.15, 0.2) is 164 Å². The quantitative estimate of drug-likeness (QED) is 0.179. The highest BCUT2D eigenvalue weighted by molar-refractivity contribution is 6.10. The van der Waals surface area contributed by atoms with Crippen molar-refractivity contribution in [3.63, 3.8) is 0 Å². The van der Waals surface area contributed by atoms with E-state index in [9.17, 15) is 0 Å². The average Bonchev–Trinajstić information content (AvgIpc) is 3.60. The molecule has 1 aromatic heterocycles. The third-order valence-corrected chi connectivity index (χ3v) is 11.0. The van der Waals surface area contributed by atoms with E-state index < -0.39 is 0 Å². The number of benzene rings is 7. The summed E-state index contributed by atoms with van der Waals surface area (Å²) >= 11 is 0. The monoisotopic (exact) mass is 658 g/mol. The van der Waals surface area contributed by atoms with Crippen molar-refractivity contribution in [1.82, 2.24) is 4.57 Å². The number of fused-ring (bicyclic) bond motifs is 6. The lowest BCUT2D eigenvalue weighted by Gasteiger charge is -2.27. The average molecular weight is 659 g/mol. The second-order valence-electron chi connectivity index (χ2n) is 15.5. The van der Waals surface area contributed by atoms with E-state index in [0.29, 0.717) is 0 Å². The predicted octanol–water partition coefficient (Wildman–Crippen LogP) is 13.5. The summed E-state index contributed by atoms with van der Waals surface area (Å²) in [5.41, 5.74) is 16.3. The maximum Gasteiger partial charge on any atom is 0.0541 e. The van der Waals surface area contributed by atoms with E-state index >= 15 is 0 Å². The molecule has 0 unspecified atom stereocenters. The molecule has 0 saturated heterocycles. The maximum absolute atomic E-state index is 2.40. The van der Waals surface area contributed by atoms with Gasteiger partial charge < -0.3 is 9.47 Å². The Morgan fingerprint density at radius 3 is 1.84 bits per heavy atom. The number of aromatic nitrogens is 1. The number of rotatable bonds is 5. The second kappa shape index (κ2) is 11.6. The van der Waals surface area contributed by atoms with Gasteiger partial charge in [-0.1, -0.05) is 132 Å². The zero-order chi connectivity index (χ0) is 34.9. The summed E-state index contributed by atoms with van der Waals surface area (Å²) in [5, 5.41) is 2.53. The maximum atomic E-state index is 2.40. The number of para-hydroxylation sites is 2. The van der Waals surface area contributed by atoms with E-state index in [1.807, 2.05) is 0 Å². The van der Waals surface area contributed by atoms with Gasteiger partial charge in [-0.15, -0.1) is 0 Å². The first kappa shape index (κ1) is 31.1. The van der Waals surface area contributed by atoms with Crippen molar-refractivity contribution < 1.29 is 0 Å². The highest BCUT2D eigenvalue weighted by Gasteiger charge is 2.35. The summed E-state index contributed by atoms with van der Waals surface area (Å²) in [7, 11) is 0. The van der Waals surface area contributed by atoms with Crippen molar-refractivity contribution in [3.05, 3.63) is 180 Å². The molecule has 0 atom stereocenters. The summed E-state index contributed by atoms with van der Waals surface area (Å²) < 4.78 is 2.40. The molecule has 0 bridgehead atoms. The molecule has 0 amide bonds. The third kappa shape index (κ3) is 5.09. The van der Waals surface area contributed by atoms with Crippen LogP contribution >= 0.6 is 0 Å². The molecule has 7 aromatic carbocycles. The minimum Gasteiger partial charge on any atom is -0.310 e. The van der Waals surface area contributed by atoms with Crippen LogP contribution in [0.4, 0.5) is 17.1 Å². The van der Waals surface area contributed by atoms with E-state index in [-0.39, 0.29) is 10.8 Å². The van der Waals surface area contributed by atoms with Gasteiger partial charge in [-0.05, 0) is 111 Å². The molecule has 1 aliphatic carbocycles. The van der Waals surface area contributed by atoms with E-state index in [1.165, 1.54) is 66.4 Å². The van der Waals surface area contributed by atoms with E-state index in [1.54, 1.807) is 0 Å². The molecule has 2 heteroatoms. The normalized spacial score (nSPS) is 13.4. The molecule has 0 N–H and O–H groups in total. The van der Waals surface area contributed by atoms with Gasteiger partial charge in [0.25, 0.3) is 0 Å². The van der Waals surface area contributed by atoms with Crippen molar-refractivity contribution in [2.24, 2.45) is 0 Å². The van der Waals surface area contributed by atoms with Gasteiger partial charge in [0.05, 0.1) is 11.0 Å². The Morgan fingerprint density at radius 2 is 1.08 bits per heavy atom. The summed E-state index contributed by atoms with van der Waals surface area (Å²) in [6.07, 6.45) is 0. The molecule has 0 fully saturated rings. The van der Waals surface area contributed by atoms with Crippen LogP contribution in [0.5, 0.6) is 0 Å². The molecule has 9 rings (SSSR count). The van der Waals surface area contributed by atoms with Gasteiger partial charge in [-0.3, -0.25) is 0 Å². The fourth-order valence-electron chi connectivity index (χ4n) is 8.22. The minimum atomic E-state index is -0.0199. The molecular formula is C49H42N2. The molecule has 248 valence electrons. The van der Waals surface area contributed by atoms with Crippen molar-refractivity contribution in [3.8, 4) is 27.9 Å². The Kier molecular flexibility index (Phi) is 7.09. The van der Waals surface area contributed by atoms with Gasteiger partial charge in [-0.2, -0.15) is 0 Å². The smallest absolute Gasteiger partial charge is 0.0541 e. The van der Waals surface area contributed by atoms with Crippen molar-refractivity contribution in [2.45, 2.75) is 45.4 Å². The number of anilines is 3. The zero-order valence-corrected chi connectivity index (χ0v) is 30.0. The lowest BCUT2D eigenvalue weighted by Crippen LogP contribution is -2.15. The molecule has 2 nitrogen and oxygen atoms in total. The van der Waals surface area contributed by atoms with Gasteiger partial charge >= 0.3 is 0 Å². The molecule has 0 aliphatic heterocycles. The van der Waals surface area contributed by atoms with Gasteiger partial charge in [0.1, 0.15) is 0 Å². The van der Waals surface area contributed by atoms with E-state index in [0.717, 1.165) is 17.1 Å². The van der Waals surface area contributed by atoms with Crippen molar-refractivity contribution >= 4 is 38.9 Å². The van der Waals surface area contributed by atoms with Gasteiger partial charge in [0.2, 0.25) is 0 Å². The molecular weight excluding hydrogens is 617 g/mol. The van der Waals surface area contributed by atoms with Crippen LogP contribution in [-0.4, -0.2) is 4.57 Å². The topological polar surface area (TPSA) is 8.17 Å². The van der Waals surface area contributed by atoms with E-state index in [4.69, 9.17) is 0 Å². The number of nitrogens with zero attached hydrogens (tertiary/aromatic N) is 2. The predicted molar refractivity (Wildman–Crippen MR) is 217 cm³/mol. The lowest BCUT2D eigenvalue weighted by molar-refractivity contribution is 0.590. The third-order valence-electron chi connectivity index (χ3n) is 11.0. The number of hydrogen-bond acceptors (Lipinski definition) is 1. The molecule has 0 radical (unpaired) electrons. The first-order valence-corrected chi connectivity index (χ1v) is 18.0. The Balaban J connectivity index is 1.11. The van der Waals surface area contributed by atoms with Crippen LogP contribution in [-0.2, 0) is 10.8 Å². The van der Waals surface area contributed by atoms with E-state index in [2.05, 4.69) is 208 Å². The Bertz CT molecular complexity index is 2560. The van der Waals surface area contributed by atoms with Crippen LogP contribution in [0.2, 0.25) is 0 Å². The Labute approximate surface area is 301 Å². The molecule has 0 spiro atoms. The lowest BCUT2D eigenvalue weighted by atomic mass is 9.82. The fourth-order valence-corrected chi connectivity index (χ4v) is 8.22. The summed E-state index contributed by atoms with van der Waals surface area (Å²) in [4.78, 5) is 2.37. The summed E-state index contributed by atoms with van der Waals surface area (Å²) in [6, 6.07) is 60.4. The highest BCUT2D eigenvalue weighted by atomic mass is 15.1. The van der Waals surface area contributed by atoms with Crippen LogP contribution in [0.25, 0.3) is 49.7 Å². The standard InChI is InChI=1S/C49H42N2/c1-48(2,3)35-22-26-38(27-23-35)51-46-18-12-10-16-41(46)43-31-34(21-30-47(43)51)33-19-24-37(25-20-33)50(36-13-7-6-8-14-36)39-28-29-45-42(32-39)40-15-9-11-17-44(40)49(45,4)5/h6-32H,1-5H3. The van der Waals surface area contributed by atoms with Crippen LogP contribution in [0, 0.1) is 0 Å². The van der Waals surface area contributed by atoms with Crippen LogP contribution in [0.1, 0.15) is 51.3 Å². The molecule has 51 heavy (non-hydrogen) atoms. The first-order chi connectivity index (χ1) is 24.7. The molecule has 1 aliphatic rings. The van der Waals surface area contributed by atoms with Gasteiger partial charge in [-0.25, -0.2) is 0 Å². The second-order valence-corrected chi connectivity index (χ2v) is 15.5. The molecule has 8 aromatic rings. The first-order valence-electron chi connectivity index (χ1n) is 18.0. The van der Waals surface area contributed by atoms with Gasteiger partial charge in [0, 0.05) is 38.9 Å². The molecule has 1 heterocycles. The molecule has 0 saturated carbocycles. The minimum absolute atomic E-state index is 0.0199. The van der Waals surface area contributed by atoms with Crippen molar-refractivity contribution in [1.29, 1.82) is 0 Å². The fraction of sp³-hybridized carbons (Fsp3) is 0.143. The highest BCUT2D eigenvalue weighted by Crippen LogP contribution is 2.50. The van der Waals surface area contributed by atoms with Crippen LogP contribution in [0.3, 0.4) is 0 Å². The Morgan fingerprint density at radius 1 is 0.471 bits per heavy atom. The summed E-state index contributed by atoms with van der Waals surface area (Å²) in [6.45, 7) is 11.5. The number of hydrogen-bond donors (Lipinski definition) is 0. The van der Waals surface area contributed by atoms with Crippen LogP contribution < -0.4 is 4.90 Å². The Hall–Kier alpha value is -5.86. The SMILES string of the molecule is CC(C)(C)c1ccc(-n2c3ccccc3c3cc(-c4ccc(N(c5ccccc5)c5ccc6c(c5)-c5ccccc5C6(C)C)cc4)ccc32)cc1. The van der Waals surface area contributed by atoms with Crippen molar-refractivity contribution in [2.75, 3.05) is 4.90 Å².